The molecule has 23 heavy (non-hydrogen) atoms. The lowest BCUT2D eigenvalue weighted by atomic mass is 9.85. The number of carbonyl (C=O) groups is 3. The second-order valence-electron chi connectivity index (χ2n) is 7.45. The standard InChI is InChI=1S/C16H25N3O4/c1-16(2)14(22)19(15(23)17-16)8-7-18-11-6-4-3-5-10(11)9-12(18)13(20)21/h10-12H,3-9H2,1-2H3,(H,17,23)(H,20,21). The fourth-order valence-corrected chi connectivity index (χ4v) is 4.35. The van der Waals surface area contributed by atoms with Gasteiger partial charge in [0.2, 0.25) is 0 Å². The van der Waals surface area contributed by atoms with Gasteiger partial charge in [-0.3, -0.25) is 19.4 Å². The number of imide groups is 1. The van der Waals surface area contributed by atoms with Crippen LogP contribution in [0.15, 0.2) is 0 Å². The van der Waals surface area contributed by atoms with E-state index in [0.717, 1.165) is 19.3 Å². The van der Waals surface area contributed by atoms with Crippen LogP contribution in [0.3, 0.4) is 0 Å². The van der Waals surface area contributed by atoms with Crippen molar-refractivity contribution in [1.82, 2.24) is 15.1 Å². The van der Waals surface area contributed by atoms with Crippen molar-refractivity contribution in [3.8, 4) is 0 Å². The van der Waals surface area contributed by atoms with Crippen LogP contribution in [0.5, 0.6) is 0 Å². The molecule has 7 nitrogen and oxygen atoms in total. The van der Waals surface area contributed by atoms with Crippen LogP contribution < -0.4 is 5.32 Å². The number of carboxylic acids is 1. The largest absolute Gasteiger partial charge is 0.480 e. The Kier molecular flexibility index (Phi) is 4.08. The normalized spacial score (nSPS) is 33.7. The third-order valence-corrected chi connectivity index (χ3v) is 5.53. The molecule has 2 saturated heterocycles. The van der Waals surface area contributed by atoms with Gasteiger partial charge in [-0.2, -0.15) is 0 Å². The van der Waals surface area contributed by atoms with E-state index in [1.807, 2.05) is 4.90 Å². The highest BCUT2D eigenvalue weighted by atomic mass is 16.4. The number of likely N-dealkylation sites (tertiary alicyclic amines) is 1. The summed E-state index contributed by atoms with van der Waals surface area (Å²) >= 11 is 0. The Morgan fingerprint density at radius 2 is 1.96 bits per heavy atom. The van der Waals surface area contributed by atoms with Gasteiger partial charge in [-0.15, -0.1) is 0 Å². The van der Waals surface area contributed by atoms with E-state index in [2.05, 4.69) is 5.32 Å². The van der Waals surface area contributed by atoms with Crippen LogP contribution in [0, 0.1) is 5.92 Å². The van der Waals surface area contributed by atoms with Crippen LogP contribution in [-0.2, 0) is 9.59 Å². The molecule has 3 atom stereocenters. The summed E-state index contributed by atoms with van der Waals surface area (Å²) in [6.07, 6.45) is 5.08. The maximum atomic E-state index is 12.2. The average molecular weight is 323 g/mol. The summed E-state index contributed by atoms with van der Waals surface area (Å²) in [5.41, 5.74) is -0.873. The van der Waals surface area contributed by atoms with Crippen molar-refractivity contribution < 1.29 is 19.5 Å². The number of nitrogens with zero attached hydrogens (tertiary/aromatic N) is 2. The van der Waals surface area contributed by atoms with Gasteiger partial charge in [-0.05, 0) is 39.0 Å². The van der Waals surface area contributed by atoms with Crippen LogP contribution in [0.1, 0.15) is 46.0 Å². The minimum atomic E-state index is -0.873. The van der Waals surface area contributed by atoms with Gasteiger partial charge >= 0.3 is 12.0 Å². The number of hydrogen-bond acceptors (Lipinski definition) is 4. The Bertz CT molecular complexity index is 533. The second kappa shape index (κ2) is 5.78. The molecule has 1 aliphatic carbocycles. The summed E-state index contributed by atoms with van der Waals surface area (Å²) in [5.74, 6) is -0.602. The van der Waals surface area contributed by atoms with Gasteiger partial charge in [0.15, 0.2) is 0 Å². The van der Waals surface area contributed by atoms with Crippen molar-refractivity contribution >= 4 is 17.9 Å². The van der Waals surface area contributed by atoms with Crippen molar-refractivity contribution in [1.29, 1.82) is 0 Å². The van der Waals surface area contributed by atoms with E-state index in [1.54, 1.807) is 13.8 Å². The maximum absolute atomic E-state index is 12.2. The molecule has 3 aliphatic rings. The van der Waals surface area contributed by atoms with Gasteiger partial charge in [0, 0.05) is 19.1 Å². The first kappa shape index (κ1) is 16.2. The predicted molar refractivity (Wildman–Crippen MR) is 82.8 cm³/mol. The van der Waals surface area contributed by atoms with Crippen LogP contribution in [0.25, 0.3) is 0 Å². The number of fused-ring (bicyclic) bond motifs is 1. The Morgan fingerprint density at radius 1 is 1.26 bits per heavy atom. The lowest BCUT2D eigenvalue weighted by molar-refractivity contribution is -0.142. The van der Waals surface area contributed by atoms with Crippen molar-refractivity contribution in [3.63, 3.8) is 0 Å². The molecule has 2 heterocycles. The summed E-state index contributed by atoms with van der Waals surface area (Å²) in [5, 5.41) is 12.2. The molecule has 3 rings (SSSR count). The van der Waals surface area contributed by atoms with Crippen molar-refractivity contribution in [2.75, 3.05) is 13.1 Å². The fourth-order valence-electron chi connectivity index (χ4n) is 4.35. The van der Waals surface area contributed by atoms with Gasteiger partial charge < -0.3 is 10.4 Å². The number of urea groups is 1. The van der Waals surface area contributed by atoms with Crippen LogP contribution in [-0.4, -0.2) is 63.5 Å². The van der Waals surface area contributed by atoms with Gasteiger partial charge in [0.25, 0.3) is 5.91 Å². The third-order valence-electron chi connectivity index (χ3n) is 5.53. The van der Waals surface area contributed by atoms with E-state index in [0.29, 0.717) is 18.9 Å². The highest BCUT2D eigenvalue weighted by Gasteiger charge is 2.47. The zero-order valence-corrected chi connectivity index (χ0v) is 13.7. The lowest BCUT2D eigenvalue weighted by Crippen LogP contribution is -2.47. The minimum Gasteiger partial charge on any atom is -0.480 e. The highest BCUT2D eigenvalue weighted by Crippen LogP contribution is 2.39. The van der Waals surface area contributed by atoms with Gasteiger partial charge in [0.05, 0.1) is 0 Å². The number of nitrogens with one attached hydrogen (secondary N) is 1. The topological polar surface area (TPSA) is 90.0 Å². The number of hydrogen-bond donors (Lipinski definition) is 2. The van der Waals surface area contributed by atoms with E-state index in [9.17, 15) is 19.5 Å². The fraction of sp³-hybridized carbons (Fsp3) is 0.812. The first-order chi connectivity index (χ1) is 10.8. The van der Waals surface area contributed by atoms with E-state index >= 15 is 0 Å². The van der Waals surface area contributed by atoms with E-state index in [4.69, 9.17) is 0 Å². The Hall–Kier alpha value is -1.63. The van der Waals surface area contributed by atoms with E-state index in [-0.39, 0.29) is 24.5 Å². The number of rotatable bonds is 4. The zero-order chi connectivity index (χ0) is 16.8. The molecule has 0 bridgehead atoms. The summed E-state index contributed by atoms with van der Waals surface area (Å²) in [6, 6.07) is -0.596. The number of carboxylic acid groups (broad SMARTS) is 1. The van der Waals surface area contributed by atoms with Crippen LogP contribution in [0.4, 0.5) is 4.79 Å². The minimum absolute atomic E-state index is 0.242. The molecule has 7 heteroatoms. The SMILES string of the molecule is CC1(C)NC(=O)N(CCN2C(C(=O)O)CC3CCCCC32)C1=O. The number of carbonyl (C=O) groups excluding carboxylic acids is 2. The highest BCUT2D eigenvalue weighted by molar-refractivity contribution is 6.06. The summed E-state index contributed by atoms with van der Waals surface area (Å²) < 4.78 is 0. The molecule has 0 aromatic rings. The molecular formula is C16H25N3O4. The van der Waals surface area contributed by atoms with Gasteiger partial charge in [-0.1, -0.05) is 12.8 Å². The Labute approximate surface area is 136 Å². The summed E-state index contributed by atoms with van der Waals surface area (Å²) in [4.78, 5) is 39.0. The molecule has 3 fully saturated rings. The quantitative estimate of drug-likeness (QED) is 0.754. The first-order valence-electron chi connectivity index (χ1n) is 8.44. The molecule has 3 unspecified atom stereocenters. The molecule has 3 amide bonds. The van der Waals surface area contributed by atoms with Gasteiger partial charge in [0.1, 0.15) is 11.6 Å². The lowest BCUT2D eigenvalue weighted by Gasteiger charge is -2.33. The van der Waals surface area contributed by atoms with Crippen LogP contribution in [0.2, 0.25) is 0 Å². The first-order valence-corrected chi connectivity index (χ1v) is 8.44. The van der Waals surface area contributed by atoms with Gasteiger partial charge in [-0.25, -0.2) is 4.79 Å². The average Bonchev–Trinajstić information content (AvgIpc) is 2.94. The van der Waals surface area contributed by atoms with Crippen molar-refractivity contribution in [2.24, 2.45) is 5.92 Å². The van der Waals surface area contributed by atoms with E-state index < -0.39 is 17.6 Å². The molecule has 2 aliphatic heterocycles. The molecule has 1 saturated carbocycles. The Morgan fingerprint density at radius 3 is 2.57 bits per heavy atom. The molecule has 0 radical (unpaired) electrons. The number of aliphatic carboxylic acids is 1. The van der Waals surface area contributed by atoms with Crippen molar-refractivity contribution in [3.05, 3.63) is 0 Å². The zero-order valence-electron chi connectivity index (χ0n) is 13.7. The molecule has 2 N–H and O–H groups in total. The second-order valence-corrected chi connectivity index (χ2v) is 7.45. The predicted octanol–water partition coefficient (Wildman–Crippen LogP) is 1.03. The van der Waals surface area contributed by atoms with E-state index in [1.165, 1.54) is 11.3 Å². The monoisotopic (exact) mass is 323 g/mol. The summed E-state index contributed by atoms with van der Waals surface area (Å²) in [7, 11) is 0. The molecular weight excluding hydrogens is 298 g/mol. The third kappa shape index (κ3) is 2.82. The summed E-state index contributed by atoms with van der Waals surface area (Å²) in [6.45, 7) is 4.05. The van der Waals surface area contributed by atoms with Crippen molar-refractivity contribution in [2.45, 2.75) is 63.6 Å². The molecule has 0 spiro atoms. The van der Waals surface area contributed by atoms with Crippen LogP contribution >= 0.6 is 0 Å². The molecule has 0 aromatic carbocycles. The molecule has 128 valence electrons. The molecule has 0 aromatic heterocycles. The number of amides is 3. The maximum Gasteiger partial charge on any atom is 0.325 e. The smallest absolute Gasteiger partial charge is 0.325 e. The Balaban J connectivity index is 1.69.